The van der Waals surface area contributed by atoms with E-state index in [-0.39, 0.29) is 0 Å². The minimum absolute atomic E-state index is 0.521. The van der Waals surface area contributed by atoms with Gasteiger partial charge in [-0.2, -0.15) is 0 Å². The third kappa shape index (κ3) is 4.40. The van der Waals surface area contributed by atoms with E-state index in [9.17, 15) is 0 Å². The molecule has 0 spiro atoms. The Kier molecular flexibility index (Phi) is 7.01. The van der Waals surface area contributed by atoms with Gasteiger partial charge in [-0.1, -0.05) is 26.2 Å². The van der Waals surface area contributed by atoms with Crippen LogP contribution in [0.25, 0.3) is 0 Å². The number of nitrogens with one attached hydrogen (secondary N) is 1. The predicted octanol–water partition coefficient (Wildman–Crippen LogP) is 1.88. The number of hydrogen-bond acceptors (Lipinski definition) is 3. The van der Waals surface area contributed by atoms with Gasteiger partial charge in [0.05, 0.1) is 6.61 Å². The minimum atomic E-state index is 0.521. The topological polar surface area (TPSA) is 24.5 Å². The van der Waals surface area contributed by atoms with Crippen LogP contribution in [-0.2, 0) is 4.74 Å². The van der Waals surface area contributed by atoms with Crippen molar-refractivity contribution in [2.24, 2.45) is 0 Å². The Bertz CT molecular complexity index is 169. The molecule has 1 aliphatic carbocycles. The Morgan fingerprint density at radius 1 is 1.31 bits per heavy atom. The van der Waals surface area contributed by atoms with Crippen molar-refractivity contribution in [3.8, 4) is 0 Å². The lowest BCUT2D eigenvalue weighted by Crippen LogP contribution is -2.48. The number of likely N-dealkylation sites (N-methyl/N-ethyl adjacent to an activating group) is 2. The number of methoxy groups -OCH3 is 1. The highest BCUT2D eigenvalue weighted by Crippen LogP contribution is 2.22. The second-order valence-electron chi connectivity index (χ2n) is 4.87. The molecule has 0 aromatic carbocycles. The lowest BCUT2D eigenvalue weighted by molar-refractivity contribution is 0.0666. The summed E-state index contributed by atoms with van der Waals surface area (Å²) in [6.45, 7) is 5.07. The summed E-state index contributed by atoms with van der Waals surface area (Å²) in [5, 5.41) is 3.43. The van der Waals surface area contributed by atoms with E-state index < -0.39 is 0 Å². The van der Waals surface area contributed by atoms with Crippen LogP contribution >= 0.6 is 0 Å². The van der Waals surface area contributed by atoms with E-state index in [2.05, 4.69) is 24.2 Å². The fraction of sp³-hybridized carbons (Fsp3) is 1.00. The van der Waals surface area contributed by atoms with Crippen molar-refractivity contribution in [2.45, 2.75) is 51.1 Å². The monoisotopic (exact) mass is 228 g/mol. The van der Waals surface area contributed by atoms with Gasteiger partial charge in [-0.3, -0.25) is 4.90 Å². The van der Waals surface area contributed by atoms with Gasteiger partial charge < -0.3 is 10.1 Å². The summed E-state index contributed by atoms with van der Waals surface area (Å²) in [6, 6.07) is 1.29. The highest BCUT2D eigenvalue weighted by Gasteiger charge is 2.23. The van der Waals surface area contributed by atoms with Crippen molar-refractivity contribution in [3.63, 3.8) is 0 Å². The van der Waals surface area contributed by atoms with Gasteiger partial charge in [0.1, 0.15) is 0 Å². The summed E-state index contributed by atoms with van der Waals surface area (Å²) < 4.78 is 5.33. The van der Waals surface area contributed by atoms with Crippen LogP contribution in [0.15, 0.2) is 0 Å². The molecule has 1 aliphatic rings. The van der Waals surface area contributed by atoms with Gasteiger partial charge in [-0.15, -0.1) is 0 Å². The fourth-order valence-electron chi connectivity index (χ4n) is 2.61. The van der Waals surface area contributed by atoms with E-state index in [1.54, 1.807) is 7.11 Å². The first-order valence-electron chi connectivity index (χ1n) is 6.71. The smallest absolute Gasteiger partial charge is 0.0630 e. The van der Waals surface area contributed by atoms with Gasteiger partial charge in [-0.05, 0) is 26.4 Å². The quantitative estimate of drug-likeness (QED) is 0.720. The van der Waals surface area contributed by atoms with E-state index in [1.165, 1.54) is 32.1 Å². The standard InChI is InChI=1S/C13H28N2O/c1-4-14-10-13(11-16-3)15(2)12-8-6-5-7-9-12/h12-14H,4-11H2,1-3H3. The summed E-state index contributed by atoms with van der Waals surface area (Å²) in [5.74, 6) is 0. The first-order valence-corrected chi connectivity index (χ1v) is 6.71. The molecule has 1 rings (SSSR count). The zero-order valence-electron chi connectivity index (χ0n) is 11.2. The van der Waals surface area contributed by atoms with Gasteiger partial charge in [0.2, 0.25) is 0 Å². The number of nitrogens with zero attached hydrogens (tertiary/aromatic N) is 1. The van der Waals surface area contributed by atoms with Crippen LogP contribution in [-0.4, -0.2) is 50.8 Å². The maximum atomic E-state index is 5.33. The Balaban J connectivity index is 2.40. The van der Waals surface area contributed by atoms with E-state index in [0.717, 1.165) is 25.7 Å². The molecule has 3 nitrogen and oxygen atoms in total. The molecule has 1 saturated carbocycles. The molecule has 1 N–H and O–H groups in total. The fourth-order valence-corrected chi connectivity index (χ4v) is 2.61. The van der Waals surface area contributed by atoms with E-state index >= 15 is 0 Å². The molecule has 3 heteroatoms. The second kappa shape index (κ2) is 8.04. The molecule has 1 unspecified atom stereocenters. The van der Waals surface area contributed by atoms with Crippen molar-refractivity contribution in [1.82, 2.24) is 10.2 Å². The average molecular weight is 228 g/mol. The van der Waals surface area contributed by atoms with E-state index in [1.807, 2.05) is 0 Å². The van der Waals surface area contributed by atoms with Crippen molar-refractivity contribution in [3.05, 3.63) is 0 Å². The lowest BCUT2D eigenvalue weighted by atomic mass is 9.93. The van der Waals surface area contributed by atoms with Gasteiger partial charge in [0.25, 0.3) is 0 Å². The van der Waals surface area contributed by atoms with Crippen molar-refractivity contribution in [2.75, 3.05) is 33.9 Å². The maximum absolute atomic E-state index is 5.33. The van der Waals surface area contributed by atoms with E-state index in [4.69, 9.17) is 4.74 Å². The second-order valence-corrected chi connectivity index (χ2v) is 4.87. The van der Waals surface area contributed by atoms with Gasteiger partial charge >= 0.3 is 0 Å². The SMILES string of the molecule is CCNCC(COC)N(C)C1CCCCC1. The number of ether oxygens (including phenoxy) is 1. The molecule has 1 fully saturated rings. The molecular formula is C13H28N2O. The van der Waals surface area contributed by atoms with Crippen LogP contribution < -0.4 is 5.32 Å². The highest BCUT2D eigenvalue weighted by atomic mass is 16.5. The van der Waals surface area contributed by atoms with Crippen LogP contribution in [0.3, 0.4) is 0 Å². The van der Waals surface area contributed by atoms with Crippen molar-refractivity contribution < 1.29 is 4.74 Å². The summed E-state index contributed by atoms with van der Waals surface area (Å²) in [5.41, 5.74) is 0. The molecule has 0 radical (unpaired) electrons. The van der Waals surface area contributed by atoms with Crippen LogP contribution in [0.1, 0.15) is 39.0 Å². The average Bonchev–Trinajstić information content (AvgIpc) is 2.35. The van der Waals surface area contributed by atoms with Crippen LogP contribution in [0.5, 0.6) is 0 Å². The van der Waals surface area contributed by atoms with E-state index in [0.29, 0.717) is 6.04 Å². The molecule has 0 bridgehead atoms. The summed E-state index contributed by atoms with van der Waals surface area (Å²) >= 11 is 0. The van der Waals surface area contributed by atoms with Gasteiger partial charge in [-0.25, -0.2) is 0 Å². The molecule has 0 aromatic rings. The van der Waals surface area contributed by atoms with Crippen molar-refractivity contribution >= 4 is 0 Å². The Labute approximate surface area is 101 Å². The summed E-state index contributed by atoms with van der Waals surface area (Å²) in [4.78, 5) is 2.53. The first-order chi connectivity index (χ1) is 7.79. The third-order valence-corrected chi connectivity index (χ3v) is 3.72. The molecule has 0 amide bonds. The predicted molar refractivity (Wildman–Crippen MR) is 68.8 cm³/mol. The minimum Gasteiger partial charge on any atom is -0.383 e. The molecule has 0 heterocycles. The summed E-state index contributed by atoms with van der Waals surface area (Å²) in [7, 11) is 4.06. The largest absolute Gasteiger partial charge is 0.383 e. The molecule has 16 heavy (non-hydrogen) atoms. The van der Waals surface area contributed by atoms with Crippen LogP contribution in [0, 0.1) is 0 Å². The van der Waals surface area contributed by atoms with Gasteiger partial charge in [0, 0.05) is 25.7 Å². The number of hydrogen-bond donors (Lipinski definition) is 1. The molecule has 0 saturated heterocycles. The first kappa shape index (κ1) is 13.9. The summed E-state index contributed by atoms with van der Waals surface area (Å²) in [6.07, 6.45) is 6.95. The Morgan fingerprint density at radius 3 is 2.56 bits per heavy atom. The molecule has 0 aromatic heterocycles. The molecule has 0 aliphatic heterocycles. The molecule has 96 valence electrons. The van der Waals surface area contributed by atoms with Gasteiger partial charge in [0.15, 0.2) is 0 Å². The molecule has 1 atom stereocenters. The third-order valence-electron chi connectivity index (χ3n) is 3.72. The Morgan fingerprint density at radius 2 is 2.00 bits per heavy atom. The van der Waals surface area contributed by atoms with Crippen LogP contribution in [0.2, 0.25) is 0 Å². The van der Waals surface area contributed by atoms with Crippen molar-refractivity contribution in [1.29, 1.82) is 0 Å². The Hall–Kier alpha value is -0.120. The number of rotatable bonds is 7. The highest BCUT2D eigenvalue weighted by molar-refractivity contribution is 4.80. The lowest BCUT2D eigenvalue weighted by Gasteiger charge is -2.37. The zero-order chi connectivity index (χ0) is 11.8. The normalized spacial score (nSPS) is 20.2. The zero-order valence-corrected chi connectivity index (χ0v) is 11.2. The van der Waals surface area contributed by atoms with Crippen LogP contribution in [0.4, 0.5) is 0 Å². The maximum Gasteiger partial charge on any atom is 0.0630 e. The molecular weight excluding hydrogens is 200 g/mol.